The zero-order valence-electron chi connectivity index (χ0n) is 10.4. The summed E-state index contributed by atoms with van der Waals surface area (Å²) in [6.07, 6.45) is 0. The zero-order chi connectivity index (χ0) is 10.6. The fourth-order valence-corrected chi connectivity index (χ4v) is 0. The van der Waals surface area contributed by atoms with E-state index in [2.05, 4.69) is 40.0 Å². The molecule has 0 aliphatic heterocycles. The van der Waals surface area contributed by atoms with Gasteiger partial charge in [0, 0.05) is 0 Å². The molecule has 0 saturated heterocycles. The van der Waals surface area contributed by atoms with Crippen molar-refractivity contribution in [1.29, 1.82) is 0 Å². The minimum atomic E-state index is 0. The number of halogens is 2. The Labute approximate surface area is 124 Å². The zero-order valence-corrected chi connectivity index (χ0v) is 15.5. The van der Waals surface area contributed by atoms with E-state index in [1.807, 2.05) is 0 Å². The molecule has 0 amide bonds. The number of hydrogen-bond donors (Lipinski definition) is 0. The van der Waals surface area contributed by atoms with Gasteiger partial charge in [0.25, 0.3) is 0 Å². The molecule has 0 rings (SSSR count). The van der Waals surface area contributed by atoms with E-state index in [0.29, 0.717) is 15.8 Å². The molecule has 0 unspecified atom stereocenters. The first-order valence-corrected chi connectivity index (χ1v) is 9.26. The Morgan fingerprint density at radius 2 is 0.733 bits per heavy atom. The summed E-state index contributed by atoms with van der Waals surface area (Å²) in [5.41, 5.74) is 12.5. The van der Waals surface area contributed by atoms with Gasteiger partial charge in [-0.1, -0.05) is 0 Å². The number of rotatable bonds is 1. The van der Waals surface area contributed by atoms with Gasteiger partial charge in [-0.2, -0.15) is 13.1 Å². The van der Waals surface area contributed by atoms with Crippen LogP contribution in [0, 0.1) is 0 Å². The minimum Gasteiger partial charge on any atom is -1.00 e. The molecular weight excluding hydrogens is 358 g/mol. The van der Waals surface area contributed by atoms with Crippen molar-refractivity contribution in [2.45, 2.75) is 0 Å². The Hall–Kier alpha value is 1.98. The third-order valence-electron chi connectivity index (χ3n) is 0.125. The van der Waals surface area contributed by atoms with Crippen LogP contribution < -0.4 is 24.8 Å². The average Bonchev–Trinajstić information content (AvgIpc) is 1.85. The van der Waals surface area contributed by atoms with Crippen molar-refractivity contribution in [1.82, 2.24) is 0 Å². The molecule has 0 heterocycles. The molecule has 0 spiro atoms. The number of nitrogens with one attached hydrogen (secondary N) is 2. The predicted molar refractivity (Wildman–Crippen MR) is 67.8 cm³/mol. The summed E-state index contributed by atoms with van der Waals surface area (Å²) >= 11 is 0. The summed E-state index contributed by atoms with van der Waals surface area (Å²) in [6.45, 7) is 13.9. The van der Waals surface area contributed by atoms with Crippen molar-refractivity contribution >= 4 is 15.8 Å². The van der Waals surface area contributed by atoms with E-state index in [-0.39, 0.29) is 57.4 Å². The summed E-state index contributed by atoms with van der Waals surface area (Å²) in [5.74, 6) is 0. The molecule has 0 saturated carbocycles. The molecule has 98 valence electrons. The predicted octanol–water partition coefficient (Wildman–Crippen LogP) is -2.19. The van der Waals surface area contributed by atoms with Crippen LogP contribution in [0.4, 0.5) is 0 Å². The van der Waals surface area contributed by atoms with Crippen LogP contribution in [0.5, 0.6) is 0 Å². The smallest absolute Gasteiger partial charge is 1.00 e. The summed E-state index contributed by atoms with van der Waals surface area (Å²) in [7, 11) is 0.759. The van der Waals surface area contributed by atoms with Gasteiger partial charge in [0.1, 0.15) is 0 Å². The van der Waals surface area contributed by atoms with Crippen LogP contribution in [-0.4, -0.2) is 53.1 Å². The molecule has 7 heteroatoms. The largest absolute Gasteiger partial charge is 4.00 e. The average molecular weight is 382 g/mol. The van der Waals surface area contributed by atoms with Gasteiger partial charge in [-0.05, 0) is 40.0 Å². The van der Waals surface area contributed by atoms with Crippen LogP contribution in [0.15, 0.2) is 0 Å². The van der Waals surface area contributed by atoms with Gasteiger partial charge in [-0.15, -0.1) is 15.8 Å². The van der Waals surface area contributed by atoms with E-state index in [1.54, 1.807) is 0 Å². The molecule has 15 heavy (non-hydrogen) atoms. The van der Waals surface area contributed by atoms with Crippen LogP contribution in [0.3, 0.4) is 0 Å². The van der Waals surface area contributed by atoms with Gasteiger partial charge in [-0.3, -0.25) is 0 Å². The van der Waals surface area contributed by atoms with Crippen LogP contribution >= 0.6 is 15.8 Å². The Kier molecular flexibility index (Phi) is 86.3. The molecule has 0 aromatic rings. The molecule has 0 aromatic carbocycles. The van der Waals surface area contributed by atoms with Gasteiger partial charge < -0.3 is 36.3 Å². The Morgan fingerprint density at radius 3 is 0.733 bits per heavy atom. The molecule has 0 aliphatic rings. The van der Waals surface area contributed by atoms with E-state index >= 15 is 0 Å². The normalized spacial score (nSPS) is 6.80. The summed E-state index contributed by atoms with van der Waals surface area (Å²) in [6, 6.07) is 0. The van der Waals surface area contributed by atoms with Crippen LogP contribution in [0.25, 0.3) is 11.5 Å². The SMILES string of the molecule is CP(C)C.CP(C)C.[Cl-].[Cl-].[NH-]CC[NH-].[Ru+4]. The second-order valence-corrected chi connectivity index (χ2v) is 8.55. The second-order valence-electron chi connectivity index (χ2n) is 3.18. The maximum atomic E-state index is 6.26. The van der Waals surface area contributed by atoms with E-state index < -0.39 is 0 Å². The Bertz CT molecular complexity index is 59.1. The quantitative estimate of drug-likeness (QED) is 0.366. The summed E-state index contributed by atoms with van der Waals surface area (Å²) in [4.78, 5) is 0. The molecule has 2 nitrogen and oxygen atoms in total. The third kappa shape index (κ3) is 351. The Morgan fingerprint density at radius 1 is 0.667 bits per heavy atom. The van der Waals surface area contributed by atoms with Crippen molar-refractivity contribution in [2.24, 2.45) is 0 Å². The van der Waals surface area contributed by atoms with Crippen LogP contribution in [-0.2, 0) is 19.5 Å². The Balaban J connectivity index is -0.0000000184. The van der Waals surface area contributed by atoms with Crippen molar-refractivity contribution in [3.05, 3.63) is 11.5 Å². The second kappa shape index (κ2) is 36.0. The standard InChI is InChI=1S/2C3H9P.C2H6N2.2ClH.Ru/c2*1-4(2)3;3-1-2-4;;;/h2*1-3H3;3-4H,1-2H2;2*1H;/q;;-2;;;+4/p-2. The van der Waals surface area contributed by atoms with E-state index in [1.165, 1.54) is 0 Å². The van der Waals surface area contributed by atoms with Gasteiger partial charge in [0.05, 0.1) is 0 Å². The maximum Gasteiger partial charge on any atom is 4.00 e. The van der Waals surface area contributed by atoms with Crippen molar-refractivity contribution < 1.29 is 44.3 Å². The fraction of sp³-hybridized carbons (Fsp3) is 1.00. The first-order chi connectivity index (χ1) is 5.38. The number of hydrogen-bond acceptors (Lipinski definition) is 0. The van der Waals surface area contributed by atoms with Crippen molar-refractivity contribution in [2.75, 3.05) is 53.1 Å². The van der Waals surface area contributed by atoms with Crippen molar-refractivity contribution in [3.63, 3.8) is 0 Å². The van der Waals surface area contributed by atoms with Gasteiger partial charge in [0.15, 0.2) is 0 Å². The molecule has 0 radical (unpaired) electrons. The monoisotopic (exact) mass is 382 g/mol. The molecular formula is C8H24Cl2N2P2Ru. The van der Waals surface area contributed by atoms with E-state index in [4.69, 9.17) is 11.5 Å². The first-order valence-electron chi connectivity index (χ1n) is 3.89. The summed E-state index contributed by atoms with van der Waals surface area (Å²) in [5, 5.41) is 0. The van der Waals surface area contributed by atoms with Gasteiger partial charge >= 0.3 is 19.5 Å². The molecule has 0 fully saturated rings. The molecule has 0 aromatic heterocycles. The maximum absolute atomic E-state index is 6.26. The van der Waals surface area contributed by atoms with Gasteiger partial charge in [-0.25, -0.2) is 0 Å². The van der Waals surface area contributed by atoms with E-state index in [0.717, 1.165) is 0 Å². The van der Waals surface area contributed by atoms with Crippen LogP contribution in [0.2, 0.25) is 0 Å². The van der Waals surface area contributed by atoms with E-state index in [9.17, 15) is 0 Å². The third-order valence-corrected chi connectivity index (χ3v) is 0.125. The molecule has 0 aliphatic carbocycles. The first kappa shape index (κ1) is 36.0. The molecule has 0 bridgehead atoms. The van der Waals surface area contributed by atoms with Crippen LogP contribution in [0.1, 0.15) is 0 Å². The summed E-state index contributed by atoms with van der Waals surface area (Å²) < 4.78 is 0. The topological polar surface area (TPSA) is 47.6 Å². The fourth-order valence-electron chi connectivity index (χ4n) is 0. The molecule has 0 atom stereocenters. The van der Waals surface area contributed by atoms with Gasteiger partial charge in [0.2, 0.25) is 0 Å². The molecule has 2 N–H and O–H groups in total. The van der Waals surface area contributed by atoms with Crippen molar-refractivity contribution in [3.8, 4) is 0 Å². The minimum absolute atomic E-state index is 0.